The van der Waals surface area contributed by atoms with Crippen LogP contribution in [-0.2, 0) is 14.3 Å². The summed E-state index contributed by atoms with van der Waals surface area (Å²) in [5.74, 6) is -0.570. The van der Waals surface area contributed by atoms with E-state index < -0.39 is 11.9 Å². The molecule has 0 aliphatic carbocycles. The molecule has 0 bridgehead atoms. The summed E-state index contributed by atoms with van der Waals surface area (Å²) in [5, 5.41) is 5.39. The van der Waals surface area contributed by atoms with Crippen molar-refractivity contribution in [2.24, 2.45) is 0 Å². The van der Waals surface area contributed by atoms with Crippen molar-refractivity contribution in [2.45, 2.75) is 20.3 Å². The second-order valence-corrected chi connectivity index (χ2v) is 5.96. The highest BCUT2D eigenvalue weighted by molar-refractivity contribution is 6.04. The van der Waals surface area contributed by atoms with Crippen molar-refractivity contribution in [2.75, 3.05) is 23.8 Å². The van der Waals surface area contributed by atoms with Crippen LogP contribution in [0, 0.1) is 0 Å². The molecule has 2 aromatic carbocycles. The fourth-order valence-corrected chi connectivity index (χ4v) is 2.31. The molecule has 29 heavy (non-hydrogen) atoms. The van der Waals surface area contributed by atoms with Crippen molar-refractivity contribution in [1.82, 2.24) is 0 Å². The minimum absolute atomic E-state index is 0.274. The van der Waals surface area contributed by atoms with Gasteiger partial charge in [0, 0.05) is 23.0 Å². The lowest BCUT2D eigenvalue weighted by Gasteiger charge is -2.09. The number of esters is 1. The number of carbonyl (C=O) groups is 3. The van der Waals surface area contributed by atoms with Gasteiger partial charge in [-0.2, -0.15) is 0 Å². The first-order valence-electron chi connectivity index (χ1n) is 9.29. The van der Waals surface area contributed by atoms with Gasteiger partial charge in [-0.15, -0.1) is 0 Å². The molecular weight excluding hydrogens is 372 g/mol. The zero-order valence-electron chi connectivity index (χ0n) is 16.4. The first kappa shape index (κ1) is 21.7. The Labute approximate surface area is 169 Å². The Morgan fingerprint density at radius 3 is 2.14 bits per heavy atom. The molecule has 0 aromatic heterocycles. The normalized spacial score (nSPS) is 10.4. The molecule has 2 N–H and O–H groups in total. The van der Waals surface area contributed by atoms with E-state index in [0.717, 1.165) is 5.75 Å². The van der Waals surface area contributed by atoms with E-state index in [1.165, 1.54) is 6.08 Å². The van der Waals surface area contributed by atoms with Crippen LogP contribution in [0.3, 0.4) is 0 Å². The second-order valence-electron chi connectivity index (χ2n) is 5.96. The van der Waals surface area contributed by atoms with Crippen LogP contribution >= 0.6 is 0 Å². The predicted octanol–water partition coefficient (Wildman–Crippen LogP) is 3.79. The van der Waals surface area contributed by atoms with Crippen molar-refractivity contribution < 1.29 is 23.9 Å². The average Bonchev–Trinajstić information content (AvgIpc) is 2.73. The first-order chi connectivity index (χ1) is 14.0. The minimum atomic E-state index is -0.566. The highest BCUT2D eigenvalue weighted by Gasteiger charge is 2.09. The van der Waals surface area contributed by atoms with Crippen LogP contribution in [0.1, 0.15) is 30.6 Å². The van der Waals surface area contributed by atoms with Crippen LogP contribution in [0.25, 0.3) is 0 Å². The van der Waals surface area contributed by atoms with Gasteiger partial charge in [-0.1, -0.05) is 13.0 Å². The van der Waals surface area contributed by atoms with E-state index in [1.807, 2.05) is 13.8 Å². The van der Waals surface area contributed by atoms with Gasteiger partial charge in [0.05, 0.1) is 6.61 Å². The summed E-state index contributed by atoms with van der Waals surface area (Å²) in [5.41, 5.74) is 1.58. The maximum Gasteiger partial charge on any atom is 0.330 e. The van der Waals surface area contributed by atoms with Crippen LogP contribution in [0.5, 0.6) is 5.75 Å². The summed E-state index contributed by atoms with van der Waals surface area (Å²) >= 11 is 0. The fourth-order valence-electron chi connectivity index (χ4n) is 2.31. The fraction of sp³-hybridized carbons (Fsp3) is 0.227. The summed E-state index contributed by atoms with van der Waals surface area (Å²) in [6, 6.07) is 13.5. The lowest BCUT2D eigenvalue weighted by Crippen LogP contribution is -2.20. The Kier molecular flexibility index (Phi) is 8.44. The smallest absolute Gasteiger partial charge is 0.330 e. The zero-order valence-corrected chi connectivity index (χ0v) is 16.4. The molecule has 0 saturated carbocycles. The quantitative estimate of drug-likeness (QED) is 0.497. The number of nitrogens with one attached hydrogen (secondary N) is 2. The van der Waals surface area contributed by atoms with E-state index in [1.54, 1.807) is 54.6 Å². The topological polar surface area (TPSA) is 93.7 Å². The maximum atomic E-state index is 12.3. The van der Waals surface area contributed by atoms with Crippen LogP contribution in [0.15, 0.2) is 60.7 Å². The van der Waals surface area contributed by atoms with Gasteiger partial charge < -0.3 is 20.1 Å². The summed E-state index contributed by atoms with van der Waals surface area (Å²) < 4.78 is 10.2. The van der Waals surface area contributed by atoms with Crippen LogP contribution in [0.2, 0.25) is 0 Å². The minimum Gasteiger partial charge on any atom is -0.494 e. The summed E-state index contributed by atoms with van der Waals surface area (Å²) in [4.78, 5) is 35.5. The van der Waals surface area contributed by atoms with Crippen molar-refractivity contribution in [3.63, 3.8) is 0 Å². The third-order valence-electron chi connectivity index (χ3n) is 3.69. The predicted molar refractivity (Wildman–Crippen MR) is 111 cm³/mol. The number of hydrogen-bond donors (Lipinski definition) is 2. The van der Waals surface area contributed by atoms with Gasteiger partial charge >= 0.3 is 5.97 Å². The third kappa shape index (κ3) is 7.50. The summed E-state index contributed by atoms with van der Waals surface area (Å²) in [7, 11) is 0. The molecule has 2 rings (SSSR count). The van der Waals surface area contributed by atoms with Crippen molar-refractivity contribution in [3.8, 4) is 5.75 Å². The SMILES string of the molecule is CC/C=C/C(=O)OCC(=O)Nc1ccc(C(=O)Nc2ccc(OCC)cc2)cc1. The van der Waals surface area contributed by atoms with Gasteiger partial charge in [0.2, 0.25) is 0 Å². The zero-order chi connectivity index (χ0) is 21.1. The average molecular weight is 396 g/mol. The Bertz CT molecular complexity index is 858. The van der Waals surface area contributed by atoms with Gasteiger partial charge in [-0.3, -0.25) is 9.59 Å². The van der Waals surface area contributed by atoms with Gasteiger partial charge in [0.25, 0.3) is 11.8 Å². The van der Waals surface area contributed by atoms with E-state index >= 15 is 0 Å². The molecule has 152 valence electrons. The lowest BCUT2D eigenvalue weighted by molar-refractivity contribution is -0.142. The molecule has 2 amide bonds. The monoisotopic (exact) mass is 396 g/mol. The largest absolute Gasteiger partial charge is 0.494 e. The van der Waals surface area contributed by atoms with Crippen LogP contribution < -0.4 is 15.4 Å². The highest BCUT2D eigenvalue weighted by atomic mass is 16.5. The molecule has 0 radical (unpaired) electrons. The van der Waals surface area contributed by atoms with Gasteiger partial charge in [0.1, 0.15) is 5.75 Å². The van der Waals surface area contributed by atoms with Gasteiger partial charge in [-0.25, -0.2) is 4.79 Å². The molecule has 0 saturated heterocycles. The molecule has 0 fully saturated rings. The van der Waals surface area contributed by atoms with Crippen molar-refractivity contribution in [1.29, 1.82) is 0 Å². The Morgan fingerprint density at radius 2 is 1.52 bits per heavy atom. The number of amides is 2. The van der Waals surface area contributed by atoms with E-state index in [-0.39, 0.29) is 12.5 Å². The molecule has 7 heteroatoms. The Hall–Kier alpha value is -3.61. The summed E-state index contributed by atoms with van der Waals surface area (Å²) in [6.07, 6.45) is 3.64. The number of benzene rings is 2. The number of allylic oxidation sites excluding steroid dienone is 1. The van der Waals surface area contributed by atoms with Crippen LogP contribution in [-0.4, -0.2) is 31.0 Å². The number of hydrogen-bond acceptors (Lipinski definition) is 5. The molecule has 0 heterocycles. The lowest BCUT2D eigenvalue weighted by atomic mass is 10.2. The number of ether oxygens (including phenoxy) is 2. The number of rotatable bonds is 9. The van der Waals surface area contributed by atoms with E-state index in [0.29, 0.717) is 30.0 Å². The summed E-state index contributed by atoms with van der Waals surface area (Å²) in [6.45, 7) is 3.98. The molecule has 0 aliphatic heterocycles. The molecule has 0 atom stereocenters. The van der Waals surface area contributed by atoms with E-state index in [2.05, 4.69) is 10.6 Å². The standard InChI is InChI=1S/C22H24N2O5/c1-3-5-6-21(26)29-15-20(25)23-17-9-7-16(8-10-17)22(27)24-18-11-13-19(14-12-18)28-4-2/h5-14H,3-4,15H2,1-2H3,(H,23,25)(H,24,27)/b6-5+. The highest BCUT2D eigenvalue weighted by Crippen LogP contribution is 2.17. The molecule has 0 aliphatic rings. The van der Waals surface area contributed by atoms with E-state index in [4.69, 9.17) is 9.47 Å². The van der Waals surface area contributed by atoms with Crippen molar-refractivity contribution >= 4 is 29.2 Å². The van der Waals surface area contributed by atoms with Crippen molar-refractivity contribution in [3.05, 3.63) is 66.2 Å². The molecule has 0 unspecified atom stereocenters. The van der Waals surface area contributed by atoms with Gasteiger partial charge in [-0.05, 0) is 61.9 Å². The molecule has 2 aromatic rings. The molecular formula is C22H24N2O5. The second kappa shape index (κ2) is 11.3. The first-order valence-corrected chi connectivity index (χ1v) is 9.29. The third-order valence-corrected chi connectivity index (χ3v) is 3.69. The molecule has 0 spiro atoms. The number of carbonyl (C=O) groups excluding carboxylic acids is 3. The maximum absolute atomic E-state index is 12.3. The van der Waals surface area contributed by atoms with Crippen LogP contribution in [0.4, 0.5) is 11.4 Å². The van der Waals surface area contributed by atoms with E-state index in [9.17, 15) is 14.4 Å². The number of anilines is 2. The van der Waals surface area contributed by atoms with Gasteiger partial charge in [0.15, 0.2) is 6.61 Å². The molecule has 7 nitrogen and oxygen atoms in total. The Balaban J connectivity index is 1.85. The Morgan fingerprint density at radius 1 is 0.897 bits per heavy atom.